The molecular formula is C24H29O6P. The van der Waals surface area contributed by atoms with Crippen LogP contribution in [0.15, 0.2) is 72.8 Å². The predicted molar refractivity (Wildman–Crippen MR) is 122 cm³/mol. The molecule has 0 bridgehead atoms. The van der Waals surface area contributed by atoms with Gasteiger partial charge in [0, 0.05) is 0 Å². The average Bonchev–Trinajstić information content (AvgIpc) is 2.73. The summed E-state index contributed by atoms with van der Waals surface area (Å²) in [6, 6.07) is 21.6. The van der Waals surface area contributed by atoms with Crippen molar-refractivity contribution in [2.75, 3.05) is 6.61 Å². The summed E-state index contributed by atoms with van der Waals surface area (Å²) in [7, 11) is -3.93. The summed E-state index contributed by atoms with van der Waals surface area (Å²) >= 11 is 0. The zero-order valence-electron chi connectivity index (χ0n) is 18.2. The summed E-state index contributed by atoms with van der Waals surface area (Å²) in [4.78, 5) is 0. The summed E-state index contributed by atoms with van der Waals surface area (Å²) in [5, 5.41) is 16.0. The van der Waals surface area contributed by atoms with Crippen LogP contribution in [0.2, 0.25) is 0 Å². The molecule has 31 heavy (non-hydrogen) atoms. The molecule has 6 nitrogen and oxygen atoms in total. The molecule has 0 saturated carbocycles. The quantitative estimate of drug-likeness (QED) is 0.461. The van der Waals surface area contributed by atoms with Gasteiger partial charge in [-0.1, -0.05) is 53.1 Å². The Morgan fingerprint density at radius 1 is 0.677 bits per heavy atom. The maximum absolute atomic E-state index is 13.3. The number of benzene rings is 3. The fourth-order valence-electron chi connectivity index (χ4n) is 2.24. The van der Waals surface area contributed by atoms with Crippen LogP contribution < -0.4 is 13.6 Å². The van der Waals surface area contributed by atoms with E-state index >= 15 is 0 Å². The second-order valence-electron chi connectivity index (χ2n) is 7.19. The number of aryl methyl sites for hydroxylation is 3. The lowest BCUT2D eigenvalue weighted by Crippen LogP contribution is -2.07. The minimum atomic E-state index is -3.93. The molecule has 0 radical (unpaired) electrons. The van der Waals surface area contributed by atoms with Crippen LogP contribution in [-0.2, 0) is 4.57 Å². The van der Waals surface area contributed by atoms with Gasteiger partial charge in [-0.15, -0.1) is 0 Å². The number of phosphoric acid groups is 1. The minimum Gasteiger partial charge on any atom is -0.394 e. The molecule has 0 aliphatic rings. The monoisotopic (exact) mass is 444 g/mol. The standard InChI is InChI=1S/C21H21O4P.C3H8O2/c1-16-4-10-19(11-5-16)23-26(22,24-20-12-6-17(2)7-13-20)25-21-14-8-18(3)9-15-21;1-3(5)2-4/h4-15H,1-3H3;3-5H,2H2,1H3. The molecule has 3 rings (SSSR count). The fourth-order valence-corrected chi connectivity index (χ4v) is 3.49. The van der Waals surface area contributed by atoms with Gasteiger partial charge < -0.3 is 23.8 Å². The van der Waals surface area contributed by atoms with E-state index in [2.05, 4.69) is 0 Å². The van der Waals surface area contributed by atoms with Gasteiger partial charge in [0.1, 0.15) is 17.2 Å². The van der Waals surface area contributed by atoms with Crippen molar-refractivity contribution in [1.82, 2.24) is 0 Å². The van der Waals surface area contributed by atoms with Crippen LogP contribution in [-0.4, -0.2) is 22.9 Å². The molecule has 3 aromatic carbocycles. The number of aliphatic hydroxyl groups excluding tert-OH is 2. The third kappa shape index (κ3) is 8.85. The zero-order valence-corrected chi connectivity index (χ0v) is 19.1. The van der Waals surface area contributed by atoms with E-state index in [0.29, 0.717) is 17.2 Å². The van der Waals surface area contributed by atoms with Crippen molar-refractivity contribution in [2.24, 2.45) is 0 Å². The van der Waals surface area contributed by atoms with Gasteiger partial charge in [-0.05, 0) is 64.1 Å². The van der Waals surface area contributed by atoms with Gasteiger partial charge in [-0.3, -0.25) is 0 Å². The highest BCUT2D eigenvalue weighted by molar-refractivity contribution is 7.49. The number of aliphatic hydroxyl groups is 2. The number of hydrogen-bond acceptors (Lipinski definition) is 6. The lowest BCUT2D eigenvalue weighted by Gasteiger charge is -2.19. The molecule has 2 N–H and O–H groups in total. The van der Waals surface area contributed by atoms with E-state index in [0.717, 1.165) is 16.7 Å². The first-order valence-corrected chi connectivity index (χ1v) is 11.3. The Morgan fingerprint density at radius 3 is 1.10 bits per heavy atom. The van der Waals surface area contributed by atoms with Crippen LogP contribution in [0.3, 0.4) is 0 Å². The maximum atomic E-state index is 13.3. The minimum absolute atomic E-state index is 0.139. The van der Waals surface area contributed by atoms with Crippen LogP contribution in [0.5, 0.6) is 17.2 Å². The van der Waals surface area contributed by atoms with Gasteiger partial charge in [-0.25, -0.2) is 0 Å². The van der Waals surface area contributed by atoms with Crippen LogP contribution in [0.25, 0.3) is 0 Å². The normalized spacial score (nSPS) is 11.7. The summed E-state index contributed by atoms with van der Waals surface area (Å²) < 4.78 is 30.2. The molecule has 0 fully saturated rings. The Hall–Kier alpha value is -2.79. The molecule has 0 heterocycles. The van der Waals surface area contributed by atoms with E-state index in [-0.39, 0.29) is 6.61 Å². The Balaban J connectivity index is 0.000000614. The van der Waals surface area contributed by atoms with Gasteiger partial charge in [0.05, 0.1) is 12.7 Å². The van der Waals surface area contributed by atoms with Crippen LogP contribution in [0, 0.1) is 20.8 Å². The van der Waals surface area contributed by atoms with Crippen molar-refractivity contribution < 1.29 is 28.3 Å². The highest BCUT2D eigenvalue weighted by Gasteiger charge is 2.33. The number of phosphoric ester groups is 1. The van der Waals surface area contributed by atoms with E-state index in [1.165, 1.54) is 6.92 Å². The molecular weight excluding hydrogens is 415 g/mol. The Bertz CT molecular complexity index is 844. The highest BCUT2D eigenvalue weighted by atomic mass is 31.2. The smallest absolute Gasteiger partial charge is 0.394 e. The Morgan fingerprint density at radius 2 is 0.903 bits per heavy atom. The molecule has 3 aromatic rings. The molecule has 0 amide bonds. The van der Waals surface area contributed by atoms with Crippen molar-refractivity contribution in [1.29, 1.82) is 0 Å². The molecule has 0 aromatic heterocycles. The first-order valence-electron chi connectivity index (χ1n) is 9.87. The second kappa shape index (κ2) is 11.6. The molecule has 0 spiro atoms. The van der Waals surface area contributed by atoms with Gasteiger partial charge in [0.15, 0.2) is 0 Å². The average molecular weight is 444 g/mol. The van der Waals surface area contributed by atoms with Crippen molar-refractivity contribution in [2.45, 2.75) is 33.8 Å². The van der Waals surface area contributed by atoms with E-state index < -0.39 is 13.9 Å². The summed E-state index contributed by atoms with van der Waals surface area (Å²) in [5.74, 6) is 1.24. The lowest BCUT2D eigenvalue weighted by atomic mass is 10.2. The number of rotatable bonds is 7. The first kappa shape index (κ1) is 24.5. The molecule has 1 atom stereocenters. The van der Waals surface area contributed by atoms with Crippen LogP contribution in [0.1, 0.15) is 23.6 Å². The van der Waals surface area contributed by atoms with Crippen molar-refractivity contribution in [3.63, 3.8) is 0 Å². The van der Waals surface area contributed by atoms with Gasteiger partial charge in [0.2, 0.25) is 0 Å². The van der Waals surface area contributed by atoms with Crippen molar-refractivity contribution in [3.8, 4) is 17.2 Å². The second-order valence-corrected chi connectivity index (χ2v) is 8.63. The predicted octanol–water partition coefficient (Wildman–Crippen LogP) is 5.62. The Labute approximate surface area is 183 Å². The third-order valence-corrected chi connectivity index (χ3v) is 5.28. The summed E-state index contributed by atoms with van der Waals surface area (Å²) in [5.41, 5.74) is 3.23. The highest BCUT2D eigenvalue weighted by Crippen LogP contribution is 2.49. The molecule has 0 aliphatic carbocycles. The summed E-state index contributed by atoms with van der Waals surface area (Å²) in [6.07, 6.45) is -0.560. The largest absolute Gasteiger partial charge is 0.647 e. The first-order chi connectivity index (χ1) is 14.7. The topological polar surface area (TPSA) is 85.2 Å². The molecule has 166 valence electrons. The van der Waals surface area contributed by atoms with E-state index in [4.69, 9.17) is 23.8 Å². The van der Waals surface area contributed by atoms with Gasteiger partial charge in [0.25, 0.3) is 0 Å². The number of hydrogen-bond donors (Lipinski definition) is 2. The summed E-state index contributed by atoms with van der Waals surface area (Å²) in [6.45, 7) is 7.29. The fraction of sp³-hybridized carbons (Fsp3) is 0.250. The lowest BCUT2D eigenvalue weighted by molar-refractivity contribution is 0.110. The zero-order chi connectivity index (χ0) is 22.9. The molecule has 0 saturated heterocycles. The van der Waals surface area contributed by atoms with Crippen LogP contribution in [0.4, 0.5) is 0 Å². The Kier molecular flexibility index (Phi) is 9.13. The van der Waals surface area contributed by atoms with Gasteiger partial charge >= 0.3 is 7.82 Å². The van der Waals surface area contributed by atoms with Gasteiger partial charge in [-0.2, -0.15) is 4.57 Å². The molecule has 0 aliphatic heterocycles. The van der Waals surface area contributed by atoms with Crippen LogP contribution >= 0.6 is 7.82 Å². The molecule has 1 unspecified atom stereocenters. The molecule has 7 heteroatoms. The maximum Gasteiger partial charge on any atom is 0.647 e. The van der Waals surface area contributed by atoms with E-state index in [1.807, 2.05) is 57.2 Å². The van der Waals surface area contributed by atoms with E-state index in [9.17, 15) is 4.57 Å². The van der Waals surface area contributed by atoms with E-state index in [1.54, 1.807) is 36.4 Å². The SMILES string of the molecule is CC(O)CO.Cc1ccc(OP(=O)(Oc2ccc(C)cc2)Oc2ccc(C)cc2)cc1. The van der Waals surface area contributed by atoms with Crippen molar-refractivity contribution >= 4 is 7.82 Å². The third-order valence-electron chi connectivity index (χ3n) is 3.98. The van der Waals surface area contributed by atoms with Crippen molar-refractivity contribution in [3.05, 3.63) is 89.5 Å².